The molecule has 1 aliphatic heterocycles. The smallest absolute Gasteiger partial charge is 0.326 e. The number of hydrogen-bond donors (Lipinski definition) is 1. The van der Waals surface area contributed by atoms with Crippen molar-refractivity contribution in [2.75, 3.05) is 6.54 Å². The average Bonchev–Trinajstić information content (AvgIpc) is 2.89. The maximum absolute atomic E-state index is 12.0. The van der Waals surface area contributed by atoms with Gasteiger partial charge < -0.3 is 10.0 Å². The van der Waals surface area contributed by atoms with E-state index in [9.17, 15) is 14.4 Å². The molecular formula is C14H15NO4. The summed E-state index contributed by atoms with van der Waals surface area (Å²) in [5.74, 6) is -1.68. The van der Waals surface area contributed by atoms with E-state index in [4.69, 9.17) is 5.11 Å². The number of carbonyl (C=O) groups is 3. The van der Waals surface area contributed by atoms with Gasteiger partial charge in [-0.25, -0.2) is 4.79 Å². The number of hydrogen-bond acceptors (Lipinski definition) is 3. The number of carboxylic acids is 1. The molecule has 1 fully saturated rings. The zero-order chi connectivity index (χ0) is 13.8. The second-order valence-corrected chi connectivity index (χ2v) is 4.55. The van der Waals surface area contributed by atoms with Gasteiger partial charge in [-0.05, 0) is 12.8 Å². The van der Waals surface area contributed by atoms with Gasteiger partial charge in [-0.2, -0.15) is 0 Å². The predicted octanol–water partition coefficient (Wildman–Crippen LogP) is 1.33. The van der Waals surface area contributed by atoms with E-state index in [1.54, 1.807) is 30.3 Å². The Morgan fingerprint density at radius 3 is 2.53 bits per heavy atom. The van der Waals surface area contributed by atoms with Gasteiger partial charge in [0.2, 0.25) is 5.91 Å². The SMILES string of the molecule is O=C(CC(=O)N1CCCC1C(=O)O)c1ccccc1. The number of benzene rings is 1. The molecule has 5 nitrogen and oxygen atoms in total. The maximum atomic E-state index is 12.0. The highest BCUT2D eigenvalue weighted by molar-refractivity contribution is 6.07. The first-order valence-corrected chi connectivity index (χ1v) is 6.20. The van der Waals surface area contributed by atoms with Crippen molar-refractivity contribution in [3.63, 3.8) is 0 Å². The highest BCUT2D eigenvalue weighted by Gasteiger charge is 2.34. The monoisotopic (exact) mass is 261 g/mol. The van der Waals surface area contributed by atoms with Gasteiger partial charge in [0.05, 0.1) is 6.42 Å². The third-order valence-corrected chi connectivity index (χ3v) is 3.27. The Morgan fingerprint density at radius 1 is 1.21 bits per heavy atom. The van der Waals surface area contributed by atoms with Crippen LogP contribution in [-0.4, -0.2) is 40.3 Å². The Balaban J connectivity index is 2.01. The van der Waals surface area contributed by atoms with Crippen LogP contribution in [0.15, 0.2) is 30.3 Å². The van der Waals surface area contributed by atoms with Crippen LogP contribution >= 0.6 is 0 Å². The van der Waals surface area contributed by atoms with Crippen LogP contribution < -0.4 is 0 Å². The minimum atomic E-state index is -1.00. The highest BCUT2D eigenvalue weighted by atomic mass is 16.4. The van der Waals surface area contributed by atoms with E-state index >= 15 is 0 Å². The minimum Gasteiger partial charge on any atom is -0.480 e. The quantitative estimate of drug-likeness (QED) is 0.655. The van der Waals surface area contributed by atoms with Gasteiger partial charge in [-0.3, -0.25) is 9.59 Å². The van der Waals surface area contributed by atoms with Gasteiger partial charge in [0.25, 0.3) is 0 Å². The van der Waals surface area contributed by atoms with Crippen molar-refractivity contribution in [2.24, 2.45) is 0 Å². The second-order valence-electron chi connectivity index (χ2n) is 4.55. The number of carboxylic acid groups (broad SMARTS) is 1. The lowest BCUT2D eigenvalue weighted by Crippen LogP contribution is -2.41. The fourth-order valence-corrected chi connectivity index (χ4v) is 2.29. The van der Waals surface area contributed by atoms with E-state index in [-0.39, 0.29) is 12.2 Å². The summed E-state index contributed by atoms with van der Waals surface area (Å²) in [7, 11) is 0. The number of carbonyl (C=O) groups excluding carboxylic acids is 2. The molecule has 100 valence electrons. The Morgan fingerprint density at radius 2 is 1.89 bits per heavy atom. The molecule has 0 aromatic heterocycles. The first kappa shape index (κ1) is 13.3. The Labute approximate surface area is 110 Å². The molecule has 1 amide bonds. The van der Waals surface area contributed by atoms with Gasteiger partial charge in [-0.15, -0.1) is 0 Å². The standard InChI is InChI=1S/C14H15NO4/c16-12(10-5-2-1-3-6-10)9-13(17)15-8-4-7-11(15)14(18)19/h1-3,5-6,11H,4,7-9H2,(H,18,19). The van der Waals surface area contributed by atoms with Gasteiger partial charge >= 0.3 is 5.97 Å². The summed E-state index contributed by atoms with van der Waals surface area (Å²) < 4.78 is 0. The number of nitrogens with zero attached hydrogens (tertiary/aromatic N) is 1. The number of ketones is 1. The van der Waals surface area contributed by atoms with Crippen molar-refractivity contribution in [1.29, 1.82) is 0 Å². The molecule has 1 atom stereocenters. The summed E-state index contributed by atoms with van der Waals surface area (Å²) in [6, 6.07) is 7.76. The number of aliphatic carboxylic acids is 1. The van der Waals surface area contributed by atoms with E-state index in [2.05, 4.69) is 0 Å². The number of amides is 1. The van der Waals surface area contributed by atoms with Crippen molar-refractivity contribution in [2.45, 2.75) is 25.3 Å². The molecule has 1 aromatic rings. The average molecular weight is 261 g/mol. The Kier molecular flexibility index (Phi) is 3.94. The molecule has 2 rings (SSSR count). The largest absolute Gasteiger partial charge is 0.480 e. The van der Waals surface area contributed by atoms with E-state index in [1.165, 1.54) is 4.90 Å². The summed E-state index contributed by atoms with van der Waals surface area (Å²) in [6.07, 6.45) is 0.858. The number of likely N-dealkylation sites (tertiary alicyclic amines) is 1. The molecule has 1 heterocycles. The van der Waals surface area contributed by atoms with Crippen molar-refractivity contribution < 1.29 is 19.5 Å². The molecule has 1 aromatic carbocycles. The summed E-state index contributed by atoms with van der Waals surface area (Å²) in [5, 5.41) is 9.00. The van der Waals surface area contributed by atoms with Gasteiger partial charge in [0, 0.05) is 12.1 Å². The van der Waals surface area contributed by atoms with E-state index in [0.717, 1.165) is 0 Å². The van der Waals surface area contributed by atoms with Crippen LogP contribution in [0.2, 0.25) is 0 Å². The van der Waals surface area contributed by atoms with Gasteiger partial charge in [-0.1, -0.05) is 30.3 Å². The maximum Gasteiger partial charge on any atom is 0.326 e. The summed E-state index contributed by atoms with van der Waals surface area (Å²) in [4.78, 5) is 36.2. The summed E-state index contributed by atoms with van der Waals surface area (Å²) in [5.41, 5.74) is 0.474. The Hall–Kier alpha value is -2.17. The van der Waals surface area contributed by atoms with Crippen LogP contribution in [0.5, 0.6) is 0 Å². The fourth-order valence-electron chi connectivity index (χ4n) is 2.29. The molecule has 0 radical (unpaired) electrons. The Bertz CT molecular complexity index is 497. The normalized spacial score (nSPS) is 18.3. The fraction of sp³-hybridized carbons (Fsp3) is 0.357. The molecule has 0 spiro atoms. The number of Topliss-reactive ketones (excluding diaryl/α,β-unsaturated/α-hetero) is 1. The van der Waals surface area contributed by atoms with E-state index in [1.807, 2.05) is 0 Å². The van der Waals surface area contributed by atoms with Crippen LogP contribution in [0.1, 0.15) is 29.6 Å². The van der Waals surface area contributed by atoms with Crippen LogP contribution in [0.3, 0.4) is 0 Å². The van der Waals surface area contributed by atoms with Crippen LogP contribution in [-0.2, 0) is 9.59 Å². The molecule has 0 aliphatic carbocycles. The van der Waals surface area contributed by atoms with Crippen molar-refractivity contribution in [3.8, 4) is 0 Å². The van der Waals surface area contributed by atoms with Crippen LogP contribution in [0.25, 0.3) is 0 Å². The van der Waals surface area contributed by atoms with Crippen molar-refractivity contribution >= 4 is 17.7 Å². The third kappa shape index (κ3) is 2.99. The highest BCUT2D eigenvalue weighted by Crippen LogP contribution is 2.19. The zero-order valence-electron chi connectivity index (χ0n) is 10.4. The van der Waals surface area contributed by atoms with Crippen molar-refractivity contribution in [1.82, 2.24) is 4.90 Å². The lowest BCUT2D eigenvalue weighted by molar-refractivity contribution is -0.147. The first-order valence-electron chi connectivity index (χ1n) is 6.20. The van der Waals surface area contributed by atoms with Gasteiger partial charge in [0.15, 0.2) is 5.78 Å². The number of rotatable bonds is 4. The van der Waals surface area contributed by atoms with E-state index < -0.39 is 17.9 Å². The summed E-state index contributed by atoms with van der Waals surface area (Å²) >= 11 is 0. The topological polar surface area (TPSA) is 74.7 Å². The summed E-state index contributed by atoms with van der Waals surface area (Å²) in [6.45, 7) is 0.415. The molecular weight excluding hydrogens is 246 g/mol. The predicted molar refractivity (Wildman–Crippen MR) is 67.8 cm³/mol. The van der Waals surface area contributed by atoms with Crippen molar-refractivity contribution in [3.05, 3.63) is 35.9 Å². The zero-order valence-corrected chi connectivity index (χ0v) is 10.4. The van der Waals surface area contributed by atoms with E-state index in [0.29, 0.717) is 24.9 Å². The molecule has 1 aliphatic rings. The lowest BCUT2D eigenvalue weighted by atomic mass is 10.1. The van der Waals surface area contributed by atoms with Gasteiger partial charge in [0.1, 0.15) is 6.04 Å². The molecule has 1 N–H and O–H groups in total. The molecule has 1 saturated heterocycles. The molecule has 19 heavy (non-hydrogen) atoms. The minimum absolute atomic E-state index is 0.270. The third-order valence-electron chi connectivity index (χ3n) is 3.27. The molecule has 1 unspecified atom stereocenters. The first-order chi connectivity index (χ1) is 9.09. The lowest BCUT2D eigenvalue weighted by Gasteiger charge is -2.20. The molecule has 0 bridgehead atoms. The molecule has 5 heteroatoms. The van der Waals surface area contributed by atoms with Crippen LogP contribution in [0, 0.1) is 0 Å². The molecule has 0 saturated carbocycles. The van der Waals surface area contributed by atoms with Crippen LogP contribution in [0.4, 0.5) is 0 Å². The second kappa shape index (κ2) is 5.65.